The van der Waals surface area contributed by atoms with Crippen LogP contribution in [0.15, 0.2) is 42.6 Å². The van der Waals surface area contributed by atoms with Gasteiger partial charge in [0.1, 0.15) is 5.82 Å². The molecule has 2 aromatic rings. The highest BCUT2D eigenvalue weighted by Gasteiger charge is 2.35. The highest BCUT2D eigenvalue weighted by molar-refractivity contribution is 7.87. The standard InChI is InChI=1S/C26H38FN5O3S/c1-3-15-31(2)36(33,34)30-25-13-16-32(26-8-5-14-28-29-26)18-22(25)19-35-24-11-9-20(10-12-24)21-6-4-7-23(27)17-21/h4-8,14,17,20,22,24-25,30H,3,9-13,15-16,18-19H2,1-2H3/t20-,22-,24+,25-/m0/s1. The molecule has 0 bridgehead atoms. The van der Waals surface area contributed by atoms with E-state index in [0.717, 1.165) is 43.5 Å². The lowest BCUT2D eigenvalue weighted by molar-refractivity contribution is -0.00225. The molecule has 8 nitrogen and oxygen atoms in total. The number of nitrogens with one attached hydrogen (secondary N) is 1. The lowest BCUT2D eigenvalue weighted by Gasteiger charge is -2.40. The Kier molecular flexibility index (Phi) is 9.27. The Labute approximate surface area is 214 Å². The number of piperidine rings is 1. The summed E-state index contributed by atoms with van der Waals surface area (Å²) in [5.74, 6) is 0.943. The number of benzene rings is 1. The molecule has 1 aliphatic carbocycles. The summed E-state index contributed by atoms with van der Waals surface area (Å²) in [5, 5.41) is 8.24. The van der Waals surface area contributed by atoms with E-state index in [2.05, 4.69) is 19.8 Å². The van der Waals surface area contributed by atoms with Crippen molar-refractivity contribution in [3.05, 3.63) is 54.0 Å². The van der Waals surface area contributed by atoms with E-state index in [0.29, 0.717) is 38.6 Å². The summed E-state index contributed by atoms with van der Waals surface area (Å²) < 4.78 is 50.1. The van der Waals surface area contributed by atoms with Gasteiger partial charge in [0.05, 0.1) is 12.7 Å². The van der Waals surface area contributed by atoms with Gasteiger partial charge in [-0.3, -0.25) is 0 Å². The lowest BCUT2D eigenvalue weighted by atomic mass is 9.82. The van der Waals surface area contributed by atoms with Gasteiger partial charge < -0.3 is 9.64 Å². The number of halogens is 1. The number of hydrogen-bond acceptors (Lipinski definition) is 6. The van der Waals surface area contributed by atoms with Gasteiger partial charge in [-0.25, -0.2) is 4.39 Å². The number of ether oxygens (including phenoxy) is 1. The van der Waals surface area contributed by atoms with Gasteiger partial charge in [0.15, 0.2) is 5.82 Å². The van der Waals surface area contributed by atoms with Crippen LogP contribution in [0.4, 0.5) is 10.2 Å². The van der Waals surface area contributed by atoms with Crippen molar-refractivity contribution in [2.24, 2.45) is 5.92 Å². The molecule has 2 heterocycles. The molecule has 0 spiro atoms. The van der Waals surface area contributed by atoms with E-state index in [1.54, 1.807) is 25.4 Å². The lowest BCUT2D eigenvalue weighted by Crippen LogP contribution is -2.55. The summed E-state index contributed by atoms with van der Waals surface area (Å²) >= 11 is 0. The fourth-order valence-electron chi connectivity index (χ4n) is 5.33. The first kappa shape index (κ1) is 26.9. The molecule has 10 heteroatoms. The molecule has 36 heavy (non-hydrogen) atoms. The number of aromatic nitrogens is 2. The van der Waals surface area contributed by atoms with Crippen molar-refractivity contribution in [3.63, 3.8) is 0 Å². The molecule has 4 rings (SSSR count). The molecule has 1 aromatic heterocycles. The van der Waals surface area contributed by atoms with E-state index in [4.69, 9.17) is 4.74 Å². The number of rotatable bonds is 10. The van der Waals surface area contributed by atoms with Crippen LogP contribution >= 0.6 is 0 Å². The summed E-state index contributed by atoms with van der Waals surface area (Å²) in [7, 11) is -1.96. The maximum atomic E-state index is 13.6. The molecule has 1 aliphatic heterocycles. The Morgan fingerprint density at radius 1 is 1.17 bits per heavy atom. The zero-order valence-electron chi connectivity index (χ0n) is 21.2. The maximum Gasteiger partial charge on any atom is 0.279 e. The minimum absolute atomic E-state index is 0.0218. The van der Waals surface area contributed by atoms with Crippen molar-refractivity contribution in [3.8, 4) is 0 Å². The molecule has 1 saturated carbocycles. The fourth-order valence-corrected chi connectivity index (χ4v) is 6.62. The summed E-state index contributed by atoms with van der Waals surface area (Å²) in [6.45, 7) is 4.24. The first-order chi connectivity index (χ1) is 17.4. The minimum atomic E-state index is -3.57. The first-order valence-electron chi connectivity index (χ1n) is 13.0. The van der Waals surface area contributed by atoms with Crippen molar-refractivity contribution in [1.82, 2.24) is 19.2 Å². The topological polar surface area (TPSA) is 87.7 Å². The van der Waals surface area contributed by atoms with Crippen LogP contribution in [0.5, 0.6) is 0 Å². The predicted molar refractivity (Wildman–Crippen MR) is 138 cm³/mol. The van der Waals surface area contributed by atoms with Gasteiger partial charge in [-0.2, -0.15) is 22.5 Å². The molecule has 2 atom stereocenters. The second-order valence-electron chi connectivity index (χ2n) is 9.99. The van der Waals surface area contributed by atoms with Crippen LogP contribution in [0.1, 0.15) is 56.9 Å². The Morgan fingerprint density at radius 2 is 1.97 bits per heavy atom. The monoisotopic (exact) mass is 519 g/mol. The van der Waals surface area contributed by atoms with Crippen molar-refractivity contribution < 1.29 is 17.5 Å². The molecule has 1 aromatic carbocycles. The van der Waals surface area contributed by atoms with E-state index >= 15 is 0 Å². The average molecular weight is 520 g/mol. The molecule has 198 valence electrons. The number of nitrogens with zero attached hydrogens (tertiary/aromatic N) is 4. The van der Waals surface area contributed by atoms with Gasteiger partial charge in [-0.05, 0) is 74.3 Å². The summed E-state index contributed by atoms with van der Waals surface area (Å²) in [6.07, 6.45) is 6.94. The molecule has 0 unspecified atom stereocenters. The molecule has 2 fully saturated rings. The van der Waals surface area contributed by atoms with Crippen LogP contribution in [0, 0.1) is 11.7 Å². The SMILES string of the molecule is CCCN(C)S(=O)(=O)N[C@H]1CCN(c2cccnn2)C[C@H]1CO[C@H]1CC[C@@H](c2cccc(F)c2)CC1. The van der Waals surface area contributed by atoms with Crippen molar-refractivity contribution in [2.75, 3.05) is 38.2 Å². The van der Waals surface area contributed by atoms with E-state index in [1.165, 1.54) is 10.4 Å². The minimum Gasteiger partial charge on any atom is -0.378 e. The molecule has 1 saturated heterocycles. The summed E-state index contributed by atoms with van der Waals surface area (Å²) in [5.41, 5.74) is 1.06. The third-order valence-corrected chi connectivity index (χ3v) is 9.01. The maximum absolute atomic E-state index is 13.6. The largest absolute Gasteiger partial charge is 0.378 e. The van der Waals surface area contributed by atoms with Crippen LogP contribution in [-0.2, 0) is 14.9 Å². The van der Waals surface area contributed by atoms with Crippen LogP contribution in [0.25, 0.3) is 0 Å². The smallest absolute Gasteiger partial charge is 0.279 e. The van der Waals surface area contributed by atoms with Crippen molar-refractivity contribution in [2.45, 2.75) is 63.5 Å². The molecule has 2 aliphatic rings. The van der Waals surface area contributed by atoms with Gasteiger partial charge in [-0.1, -0.05) is 19.1 Å². The third-order valence-electron chi connectivity index (χ3n) is 7.41. The Hall–Kier alpha value is -2.14. The highest BCUT2D eigenvalue weighted by Crippen LogP contribution is 2.35. The summed E-state index contributed by atoms with van der Waals surface area (Å²) in [6, 6.07) is 10.5. The second-order valence-corrected chi connectivity index (χ2v) is 11.8. The Bertz CT molecular complexity index is 1070. The van der Waals surface area contributed by atoms with E-state index in [1.807, 2.05) is 25.1 Å². The Balaban J connectivity index is 1.38. The van der Waals surface area contributed by atoms with E-state index in [-0.39, 0.29) is 23.9 Å². The highest BCUT2D eigenvalue weighted by atomic mass is 32.2. The fraction of sp³-hybridized carbons (Fsp3) is 0.615. The second kappa shape index (κ2) is 12.4. The van der Waals surface area contributed by atoms with Gasteiger partial charge in [0.25, 0.3) is 10.2 Å². The van der Waals surface area contributed by atoms with Crippen LogP contribution in [0.2, 0.25) is 0 Å². The van der Waals surface area contributed by atoms with Gasteiger partial charge in [-0.15, -0.1) is 5.10 Å². The molecular weight excluding hydrogens is 481 g/mol. The third kappa shape index (κ3) is 7.00. The van der Waals surface area contributed by atoms with E-state index in [9.17, 15) is 12.8 Å². The average Bonchev–Trinajstić information content (AvgIpc) is 2.89. The number of hydrogen-bond donors (Lipinski definition) is 1. The van der Waals surface area contributed by atoms with Crippen molar-refractivity contribution >= 4 is 16.0 Å². The van der Waals surface area contributed by atoms with Gasteiger partial charge in [0, 0.05) is 44.8 Å². The number of anilines is 1. The molecule has 0 amide bonds. The van der Waals surface area contributed by atoms with E-state index < -0.39 is 10.2 Å². The summed E-state index contributed by atoms with van der Waals surface area (Å²) in [4.78, 5) is 2.16. The van der Waals surface area contributed by atoms with Crippen LogP contribution in [-0.4, -0.2) is 68.4 Å². The van der Waals surface area contributed by atoms with Crippen molar-refractivity contribution in [1.29, 1.82) is 0 Å². The molecule has 0 radical (unpaired) electrons. The van der Waals surface area contributed by atoms with Gasteiger partial charge in [0.2, 0.25) is 0 Å². The van der Waals surface area contributed by atoms with Crippen LogP contribution in [0.3, 0.4) is 0 Å². The quantitative estimate of drug-likeness (QED) is 0.515. The Morgan fingerprint density at radius 3 is 2.67 bits per heavy atom. The van der Waals surface area contributed by atoms with Crippen LogP contribution < -0.4 is 9.62 Å². The molecule has 1 N–H and O–H groups in total. The first-order valence-corrected chi connectivity index (χ1v) is 14.4. The zero-order chi connectivity index (χ0) is 25.5. The zero-order valence-corrected chi connectivity index (χ0v) is 22.0. The predicted octanol–water partition coefficient (Wildman–Crippen LogP) is 3.73. The molecular formula is C26H38FN5O3S. The normalized spacial score (nSPS) is 25.3. The van der Waals surface area contributed by atoms with Gasteiger partial charge >= 0.3 is 0 Å².